The van der Waals surface area contributed by atoms with Crippen LogP contribution in [0.1, 0.15) is 11.1 Å². The van der Waals surface area contributed by atoms with E-state index >= 15 is 0 Å². The van der Waals surface area contributed by atoms with E-state index in [1.165, 1.54) is 0 Å². The minimum Gasteiger partial charge on any atom is -0.493 e. The van der Waals surface area contributed by atoms with Crippen molar-refractivity contribution in [1.29, 1.82) is 0 Å². The maximum Gasteiger partial charge on any atom is 0.163 e. The Hall–Kier alpha value is -1.26. The van der Waals surface area contributed by atoms with Crippen LogP contribution in [0, 0.1) is 6.92 Å². The highest BCUT2D eigenvalue weighted by atomic mass is 16.6. The smallest absolute Gasteiger partial charge is 0.163 e. The topological polar surface area (TPSA) is 39.7 Å². The van der Waals surface area contributed by atoms with Gasteiger partial charge in [0.1, 0.15) is 0 Å². The summed E-state index contributed by atoms with van der Waals surface area (Å²) in [6.07, 6.45) is 0. The number of methoxy groups -OCH3 is 2. The first kappa shape index (κ1) is 11.8. The van der Waals surface area contributed by atoms with Crippen LogP contribution in [0.25, 0.3) is 0 Å². The van der Waals surface area contributed by atoms with E-state index in [1.54, 1.807) is 21.3 Å². The van der Waals surface area contributed by atoms with Gasteiger partial charge in [0.05, 0.1) is 21.3 Å². The summed E-state index contributed by atoms with van der Waals surface area (Å²) in [6, 6.07) is 3.96. The number of hydrogen-bond acceptors (Lipinski definition) is 4. The molecule has 0 saturated heterocycles. The van der Waals surface area contributed by atoms with Crippen LogP contribution in [-0.2, 0) is 11.4 Å². The fraction of sp³-hybridized carbons (Fsp3) is 0.455. The van der Waals surface area contributed by atoms with E-state index in [1.807, 2.05) is 19.1 Å². The van der Waals surface area contributed by atoms with Crippen LogP contribution in [0.5, 0.6) is 11.5 Å². The highest BCUT2D eigenvalue weighted by Crippen LogP contribution is 2.31. The van der Waals surface area contributed by atoms with Gasteiger partial charge in [0.25, 0.3) is 0 Å². The third-order valence-corrected chi connectivity index (χ3v) is 2.15. The lowest BCUT2D eigenvalue weighted by Crippen LogP contribution is -2.11. The second-order valence-electron chi connectivity index (χ2n) is 3.17. The first-order chi connectivity index (χ1) is 7.22. The van der Waals surface area contributed by atoms with Gasteiger partial charge in [-0.25, -0.2) is 0 Å². The Morgan fingerprint density at radius 2 is 1.87 bits per heavy atom. The molecule has 15 heavy (non-hydrogen) atoms. The molecule has 84 valence electrons. The fourth-order valence-electron chi connectivity index (χ4n) is 1.48. The van der Waals surface area contributed by atoms with Crippen LogP contribution >= 0.6 is 0 Å². The number of hydroxylamine groups is 1. The lowest BCUT2D eigenvalue weighted by molar-refractivity contribution is 0.0866. The molecule has 1 rings (SSSR count). The Kier molecular flexibility index (Phi) is 4.39. The molecule has 0 spiro atoms. The average molecular weight is 211 g/mol. The van der Waals surface area contributed by atoms with Crippen LogP contribution < -0.4 is 15.0 Å². The van der Waals surface area contributed by atoms with Gasteiger partial charge in [0.15, 0.2) is 11.5 Å². The summed E-state index contributed by atoms with van der Waals surface area (Å²) in [5.74, 6) is 1.52. The molecule has 0 heterocycles. The molecule has 1 N–H and O–H groups in total. The van der Waals surface area contributed by atoms with Crippen molar-refractivity contribution in [3.8, 4) is 11.5 Å². The van der Waals surface area contributed by atoms with E-state index in [0.717, 1.165) is 22.6 Å². The van der Waals surface area contributed by atoms with E-state index in [-0.39, 0.29) is 0 Å². The number of ether oxygens (including phenoxy) is 2. The van der Waals surface area contributed by atoms with E-state index in [0.29, 0.717) is 6.54 Å². The first-order valence-corrected chi connectivity index (χ1v) is 4.70. The summed E-state index contributed by atoms with van der Waals surface area (Å²) in [5, 5.41) is 0. The molecule has 0 bridgehead atoms. The molecule has 4 nitrogen and oxygen atoms in total. The zero-order valence-electron chi connectivity index (χ0n) is 9.59. The number of hydrogen-bond donors (Lipinski definition) is 1. The number of benzene rings is 1. The number of aryl methyl sites for hydroxylation is 1. The fourth-order valence-corrected chi connectivity index (χ4v) is 1.48. The van der Waals surface area contributed by atoms with E-state index in [4.69, 9.17) is 14.3 Å². The molecular weight excluding hydrogens is 194 g/mol. The zero-order chi connectivity index (χ0) is 11.3. The van der Waals surface area contributed by atoms with Crippen LogP contribution in [0.15, 0.2) is 12.1 Å². The quantitative estimate of drug-likeness (QED) is 0.752. The van der Waals surface area contributed by atoms with Crippen LogP contribution in [0.2, 0.25) is 0 Å². The molecule has 0 radical (unpaired) electrons. The van der Waals surface area contributed by atoms with Crippen molar-refractivity contribution in [3.05, 3.63) is 23.3 Å². The molecular formula is C11H17NO3. The van der Waals surface area contributed by atoms with E-state index in [9.17, 15) is 0 Å². The van der Waals surface area contributed by atoms with E-state index < -0.39 is 0 Å². The predicted octanol–water partition coefficient (Wildman–Crippen LogP) is 1.66. The molecule has 0 unspecified atom stereocenters. The molecule has 1 aromatic carbocycles. The highest BCUT2D eigenvalue weighted by molar-refractivity contribution is 5.48. The molecule has 0 saturated carbocycles. The largest absolute Gasteiger partial charge is 0.493 e. The van der Waals surface area contributed by atoms with Crippen LogP contribution in [0.3, 0.4) is 0 Å². The molecule has 0 aliphatic heterocycles. The second kappa shape index (κ2) is 5.58. The van der Waals surface area contributed by atoms with Gasteiger partial charge in [-0.3, -0.25) is 0 Å². The Balaban J connectivity index is 2.97. The monoisotopic (exact) mass is 211 g/mol. The lowest BCUT2D eigenvalue weighted by Gasteiger charge is -2.12. The lowest BCUT2D eigenvalue weighted by atomic mass is 10.1. The van der Waals surface area contributed by atoms with Gasteiger partial charge in [-0.15, -0.1) is 0 Å². The van der Waals surface area contributed by atoms with Gasteiger partial charge in [-0.2, -0.15) is 5.48 Å². The summed E-state index contributed by atoms with van der Waals surface area (Å²) in [5.41, 5.74) is 4.92. The standard InChI is InChI=1S/C11H17NO3/c1-8-5-9(7-12-15-4)6-10(13-2)11(8)14-3/h5-6,12H,7H2,1-4H3. The van der Waals surface area contributed by atoms with Gasteiger partial charge in [0, 0.05) is 6.54 Å². The van der Waals surface area contributed by atoms with Crippen molar-refractivity contribution < 1.29 is 14.3 Å². The van der Waals surface area contributed by atoms with E-state index in [2.05, 4.69) is 5.48 Å². The molecule has 0 aliphatic rings. The van der Waals surface area contributed by atoms with Crippen molar-refractivity contribution in [3.63, 3.8) is 0 Å². The maximum atomic E-state index is 5.25. The molecule has 0 amide bonds. The zero-order valence-corrected chi connectivity index (χ0v) is 9.59. The summed E-state index contributed by atoms with van der Waals surface area (Å²) >= 11 is 0. The Morgan fingerprint density at radius 3 is 2.40 bits per heavy atom. The average Bonchev–Trinajstić information content (AvgIpc) is 2.25. The summed E-state index contributed by atoms with van der Waals surface area (Å²) in [4.78, 5) is 4.79. The summed E-state index contributed by atoms with van der Waals surface area (Å²) in [6.45, 7) is 2.62. The summed E-state index contributed by atoms with van der Waals surface area (Å²) < 4.78 is 10.5. The molecule has 0 aliphatic carbocycles. The molecule has 0 atom stereocenters. The predicted molar refractivity (Wildman–Crippen MR) is 58.1 cm³/mol. The van der Waals surface area contributed by atoms with Crippen molar-refractivity contribution in [2.45, 2.75) is 13.5 Å². The van der Waals surface area contributed by atoms with Crippen molar-refractivity contribution in [2.75, 3.05) is 21.3 Å². The van der Waals surface area contributed by atoms with Crippen molar-refractivity contribution in [1.82, 2.24) is 5.48 Å². The highest BCUT2D eigenvalue weighted by Gasteiger charge is 2.08. The minimum absolute atomic E-state index is 0.637. The minimum atomic E-state index is 0.637. The third kappa shape index (κ3) is 2.84. The summed E-state index contributed by atoms with van der Waals surface area (Å²) in [7, 11) is 4.86. The van der Waals surface area contributed by atoms with Crippen molar-refractivity contribution in [2.24, 2.45) is 0 Å². The third-order valence-electron chi connectivity index (χ3n) is 2.15. The number of rotatable bonds is 5. The molecule has 0 fully saturated rings. The van der Waals surface area contributed by atoms with Crippen molar-refractivity contribution >= 4 is 0 Å². The maximum absolute atomic E-state index is 5.25. The van der Waals surface area contributed by atoms with Gasteiger partial charge < -0.3 is 14.3 Å². The van der Waals surface area contributed by atoms with Gasteiger partial charge in [-0.1, -0.05) is 6.07 Å². The molecule has 1 aromatic rings. The van der Waals surface area contributed by atoms with Crippen LogP contribution in [0.4, 0.5) is 0 Å². The Labute approximate surface area is 90.1 Å². The van der Waals surface area contributed by atoms with Crippen LogP contribution in [-0.4, -0.2) is 21.3 Å². The SMILES string of the molecule is CONCc1cc(C)c(OC)c(OC)c1. The second-order valence-corrected chi connectivity index (χ2v) is 3.17. The van der Waals surface area contributed by atoms with Gasteiger partial charge in [0.2, 0.25) is 0 Å². The van der Waals surface area contributed by atoms with Gasteiger partial charge >= 0.3 is 0 Å². The Bertz CT molecular complexity index is 326. The number of nitrogens with one attached hydrogen (secondary N) is 1. The first-order valence-electron chi connectivity index (χ1n) is 4.70. The normalized spacial score (nSPS) is 10.1. The molecule has 4 heteroatoms. The Morgan fingerprint density at radius 1 is 1.13 bits per heavy atom. The van der Waals surface area contributed by atoms with Gasteiger partial charge in [-0.05, 0) is 24.1 Å². The molecule has 0 aromatic heterocycles.